The Morgan fingerprint density at radius 2 is 0.321 bits per heavy atom. The first-order valence-corrected chi connectivity index (χ1v) is 31.0. The maximum atomic E-state index is 4.82. The number of nitrogens with zero attached hydrogens (tertiary/aromatic N) is 3. The standard InChI is InChI=1S/3C6H18NSi2.Lu/c3*1-8(2,3)7-9(4,5)6;/h3*1-6H3;/q3*-1;+3. The van der Waals surface area contributed by atoms with E-state index in [1.54, 1.807) is 0 Å². The average molecular weight is 656 g/mol. The van der Waals surface area contributed by atoms with Crippen LogP contribution < -0.4 is 0 Å². The zero-order valence-electron chi connectivity index (χ0n) is 22.6. The molecule has 3 nitrogen and oxygen atoms in total. The van der Waals surface area contributed by atoms with E-state index in [1.807, 2.05) is 0 Å². The van der Waals surface area contributed by atoms with Crippen molar-refractivity contribution in [3.05, 3.63) is 13.9 Å². The molecule has 28 heavy (non-hydrogen) atoms. The minimum absolute atomic E-state index is 0. The summed E-state index contributed by atoms with van der Waals surface area (Å²) in [5.74, 6) is 0. The molecule has 0 atom stereocenters. The SMILES string of the molecule is C[Si](C)(C)[N-][Si](C)(C)C.C[Si](C)(C)[N-][Si](C)(C)C.C[Si](C)(C)[N-][Si](C)(C)C.[Lu+3]. The maximum absolute atomic E-state index is 4.82. The molecule has 0 radical (unpaired) electrons. The van der Waals surface area contributed by atoms with E-state index in [-0.39, 0.29) is 36.9 Å². The minimum atomic E-state index is -1.11. The van der Waals surface area contributed by atoms with Crippen molar-refractivity contribution in [3.8, 4) is 0 Å². The fourth-order valence-corrected chi connectivity index (χ4v) is 27.2. The molecule has 0 aliphatic heterocycles. The second-order valence-electron chi connectivity index (χ2n) is 13.4. The quantitative estimate of drug-likeness (QED) is 0.256. The number of hydrogen-bond acceptors (Lipinski definition) is 0. The largest absolute Gasteiger partial charge is 3.00 e. The number of rotatable bonds is 6. The van der Waals surface area contributed by atoms with E-state index in [2.05, 4.69) is 118 Å². The van der Waals surface area contributed by atoms with Crippen molar-refractivity contribution in [1.82, 2.24) is 0 Å². The molecule has 0 fully saturated rings. The van der Waals surface area contributed by atoms with Crippen LogP contribution in [0.2, 0.25) is 118 Å². The van der Waals surface area contributed by atoms with Gasteiger partial charge in [-0.25, -0.2) is 0 Å². The van der Waals surface area contributed by atoms with Gasteiger partial charge in [0.2, 0.25) is 0 Å². The fourth-order valence-electron chi connectivity index (χ4n) is 3.02. The molecule has 0 spiro atoms. The van der Waals surface area contributed by atoms with Crippen LogP contribution in [-0.4, -0.2) is 49.4 Å². The number of hydrogen-bond donors (Lipinski definition) is 0. The van der Waals surface area contributed by atoms with Gasteiger partial charge in [0.1, 0.15) is 0 Å². The van der Waals surface area contributed by atoms with Crippen molar-refractivity contribution in [2.24, 2.45) is 0 Å². The van der Waals surface area contributed by atoms with Crippen LogP contribution in [0.1, 0.15) is 0 Å². The van der Waals surface area contributed by atoms with Crippen molar-refractivity contribution < 1.29 is 36.9 Å². The Morgan fingerprint density at radius 1 is 0.250 bits per heavy atom. The molecule has 0 amide bonds. The summed E-state index contributed by atoms with van der Waals surface area (Å²) in [7, 11) is -6.64. The molecule has 0 aromatic rings. The zero-order chi connectivity index (χ0) is 23.1. The van der Waals surface area contributed by atoms with Crippen LogP contribution in [0.15, 0.2) is 0 Å². The smallest absolute Gasteiger partial charge is 0.668 e. The molecule has 0 saturated heterocycles. The molecule has 0 aromatic carbocycles. The topological polar surface area (TPSA) is 42.3 Å². The van der Waals surface area contributed by atoms with Gasteiger partial charge in [-0.15, -0.1) is 0 Å². The van der Waals surface area contributed by atoms with Crippen LogP contribution in [0.25, 0.3) is 13.9 Å². The normalized spacial score (nSPS) is 13.5. The van der Waals surface area contributed by atoms with Gasteiger partial charge in [0.25, 0.3) is 0 Å². The summed E-state index contributed by atoms with van der Waals surface area (Å²) < 4.78 is 14.5. The Balaban J connectivity index is -0.000000152. The van der Waals surface area contributed by atoms with E-state index in [9.17, 15) is 0 Å². The van der Waals surface area contributed by atoms with Crippen molar-refractivity contribution in [2.75, 3.05) is 0 Å². The van der Waals surface area contributed by atoms with Crippen LogP contribution in [0.4, 0.5) is 0 Å². The van der Waals surface area contributed by atoms with Gasteiger partial charge in [-0.3, -0.25) is 0 Å². The summed E-state index contributed by atoms with van der Waals surface area (Å²) in [6.45, 7) is 41.3. The Kier molecular flexibility index (Phi) is 18.7. The zero-order valence-corrected chi connectivity index (χ0v) is 30.3. The monoisotopic (exact) mass is 655 g/mol. The second kappa shape index (κ2) is 13.8. The van der Waals surface area contributed by atoms with Crippen LogP contribution >= 0.6 is 0 Å². The van der Waals surface area contributed by atoms with Crippen LogP contribution in [0, 0.1) is 36.9 Å². The Morgan fingerprint density at radius 3 is 0.321 bits per heavy atom. The molecule has 10 heteroatoms. The van der Waals surface area contributed by atoms with E-state index in [4.69, 9.17) is 13.9 Å². The molecule has 180 valence electrons. The molecule has 0 rings (SSSR count). The average Bonchev–Trinajstić information content (AvgIpc) is 1.96. The van der Waals surface area contributed by atoms with E-state index < -0.39 is 49.4 Å². The van der Waals surface area contributed by atoms with E-state index in [1.165, 1.54) is 0 Å². The second-order valence-corrected chi connectivity index (χ2v) is 42.1. The van der Waals surface area contributed by atoms with Gasteiger partial charge in [0.15, 0.2) is 0 Å². The van der Waals surface area contributed by atoms with Crippen molar-refractivity contribution in [2.45, 2.75) is 118 Å². The Labute approximate surface area is 216 Å². The third-order valence-electron chi connectivity index (χ3n) is 2.01. The first-order valence-electron chi connectivity index (χ1n) is 10.3. The summed E-state index contributed by atoms with van der Waals surface area (Å²) in [6, 6.07) is 0. The van der Waals surface area contributed by atoms with Gasteiger partial charge in [-0.05, 0) is 0 Å². The summed E-state index contributed by atoms with van der Waals surface area (Å²) in [5, 5.41) is 0. The van der Waals surface area contributed by atoms with E-state index in [0.29, 0.717) is 0 Å². The summed E-state index contributed by atoms with van der Waals surface area (Å²) in [6.07, 6.45) is 0. The van der Waals surface area contributed by atoms with E-state index in [0.717, 1.165) is 0 Å². The van der Waals surface area contributed by atoms with Crippen molar-refractivity contribution in [3.63, 3.8) is 0 Å². The molecule has 0 unspecified atom stereocenters. The molecule has 0 N–H and O–H groups in total. The van der Waals surface area contributed by atoms with Gasteiger partial charge in [-0.1, -0.05) is 167 Å². The van der Waals surface area contributed by atoms with Gasteiger partial charge in [0.05, 0.1) is 0 Å². The van der Waals surface area contributed by atoms with Gasteiger partial charge < -0.3 is 13.9 Å². The molecule has 0 saturated carbocycles. The molecule has 0 bridgehead atoms. The maximum Gasteiger partial charge on any atom is 3.00 e. The molecular weight excluding hydrogens is 602 g/mol. The van der Waals surface area contributed by atoms with Gasteiger partial charge in [0, 0.05) is 0 Å². The van der Waals surface area contributed by atoms with Crippen LogP contribution in [0.3, 0.4) is 0 Å². The van der Waals surface area contributed by atoms with Crippen molar-refractivity contribution >= 4 is 49.4 Å². The van der Waals surface area contributed by atoms with E-state index >= 15 is 0 Å². The fraction of sp³-hybridized carbons (Fsp3) is 1.00. The summed E-state index contributed by atoms with van der Waals surface area (Å²) in [5.41, 5.74) is 0. The first-order chi connectivity index (χ1) is 11.1. The third kappa shape index (κ3) is 51.2. The molecule has 0 heterocycles. The van der Waals surface area contributed by atoms with Crippen molar-refractivity contribution in [1.29, 1.82) is 0 Å². The third-order valence-corrected chi connectivity index (χ3v) is 18.1. The molecule has 0 aromatic heterocycles. The Hall–Kier alpha value is 2.42. The predicted molar refractivity (Wildman–Crippen MR) is 150 cm³/mol. The first kappa shape index (κ1) is 37.7. The molecule has 0 aliphatic rings. The molecular formula is C18H54LuN3Si6. The Bertz CT molecular complexity index is 297. The molecule has 0 aliphatic carbocycles. The van der Waals surface area contributed by atoms with Crippen LogP contribution in [-0.2, 0) is 0 Å². The summed E-state index contributed by atoms with van der Waals surface area (Å²) >= 11 is 0. The predicted octanol–water partition coefficient (Wildman–Crippen LogP) is 9.09. The van der Waals surface area contributed by atoms with Gasteiger partial charge >= 0.3 is 36.9 Å². The van der Waals surface area contributed by atoms with Gasteiger partial charge in [-0.2, -0.15) is 0 Å². The minimum Gasteiger partial charge on any atom is -0.668 e. The summed E-state index contributed by atoms with van der Waals surface area (Å²) in [4.78, 5) is 0. The van der Waals surface area contributed by atoms with Crippen LogP contribution in [0.5, 0.6) is 0 Å².